The van der Waals surface area contributed by atoms with Gasteiger partial charge in [-0.3, -0.25) is 9.10 Å². The molecule has 0 bridgehead atoms. The Morgan fingerprint density at radius 3 is 2.33 bits per heavy atom. The zero-order chi connectivity index (χ0) is 20.0. The molecule has 0 heterocycles. The SMILES string of the molecule is CCC(C(=O)NC1CCCCCCC1)N(c1cc(Cl)ccc1Cl)S(C)(=O)=O. The summed E-state index contributed by atoms with van der Waals surface area (Å²) in [6.45, 7) is 1.79. The molecule has 1 unspecified atom stereocenters. The molecular formula is C19H28Cl2N2O3S. The standard InChI is InChI=1S/C19H28Cl2N2O3S/c1-3-17(19(24)22-15-9-7-5-4-6-8-10-15)23(27(2,25)26)18-13-14(20)11-12-16(18)21/h11-13,15,17H,3-10H2,1-2H3,(H,22,24). The highest BCUT2D eigenvalue weighted by molar-refractivity contribution is 7.92. The number of sulfonamides is 1. The molecule has 1 aromatic carbocycles. The van der Waals surface area contributed by atoms with Crippen molar-refractivity contribution in [1.29, 1.82) is 0 Å². The third-order valence-electron chi connectivity index (χ3n) is 4.93. The topological polar surface area (TPSA) is 66.5 Å². The summed E-state index contributed by atoms with van der Waals surface area (Å²) in [7, 11) is -3.74. The Labute approximate surface area is 172 Å². The summed E-state index contributed by atoms with van der Waals surface area (Å²) in [5.74, 6) is -0.287. The summed E-state index contributed by atoms with van der Waals surface area (Å²) >= 11 is 12.3. The third kappa shape index (κ3) is 6.26. The van der Waals surface area contributed by atoms with Crippen LogP contribution in [0.25, 0.3) is 0 Å². The van der Waals surface area contributed by atoms with Crippen molar-refractivity contribution in [3.8, 4) is 0 Å². The molecule has 0 spiro atoms. The van der Waals surface area contributed by atoms with E-state index in [0.717, 1.165) is 36.2 Å². The number of amides is 1. The lowest BCUT2D eigenvalue weighted by Crippen LogP contribution is -2.51. The minimum atomic E-state index is -3.74. The number of carbonyl (C=O) groups excluding carboxylic acids is 1. The Kier molecular flexibility index (Phi) is 8.25. The van der Waals surface area contributed by atoms with Crippen molar-refractivity contribution < 1.29 is 13.2 Å². The Balaban J connectivity index is 2.29. The number of hydrogen-bond acceptors (Lipinski definition) is 3. The average Bonchev–Trinajstić information content (AvgIpc) is 2.56. The van der Waals surface area contributed by atoms with Crippen LogP contribution in [0.3, 0.4) is 0 Å². The highest BCUT2D eigenvalue weighted by Gasteiger charge is 2.33. The molecule has 1 aromatic rings. The lowest BCUT2D eigenvalue weighted by Gasteiger charge is -2.32. The van der Waals surface area contributed by atoms with Gasteiger partial charge in [0.1, 0.15) is 6.04 Å². The van der Waals surface area contributed by atoms with Crippen LogP contribution in [0.1, 0.15) is 58.3 Å². The molecule has 1 aliphatic rings. The molecule has 1 aliphatic carbocycles. The van der Waals surface area contributed by atoms with E-state index >= 15 is 0 Å². The number of hydrogen-bond donors (Lipinski definition) is 1. The Morgan fingerprint density at radius 2 is 1.78 bits per heavy atom. The van der Waals surface area contributed by atoms with Gasteiger partial charge < -0.3 is 5.32 Å². The van der Waals surface area contributed by atoms with E-state index in [1.807, 2.05) is 0 Å². The van der Waals surface area contributed by atoms with Gasteiger partial charge in [0.15, 0.2) is 0 Å². The fourth-order valence-electron chi connectivity index (χ4n) is 3.59. The van der Waals surface area contributed by atoms with E-state index < -0.39 is 16.1 Å². The lowest BCUT2D eigenvalue weighted by molar-refractivity contribution is -0.123. The average molecular weight is 435 g/mol. The van der Waals surface area contributed by atoms with Gasteiger partial charge in [-0.15, -0.1) is 0 Å². The molecule has 152 valence electrons. The second kappa shape index (κ2) is 9.99. The van der Waals surface area contributed by atoms with Gasteiger partial charge in [0, 0.05) is 11.1 Å². The highest BCUT2D eigenvalue weighted by Crippen LogP contribution is 2.33. The van der Waals surface area contributed by atoms with Crippen LogP contribution in [0.5, 0.6) is 0 Å². The minimum absolute atomic E-state index is 0.0862. The maximum Gasteiger partial charge on any atom is 0.244 e. The van der Waals surface area contributed by atoms with Crippen molar-refractivity contribution in [2.24, 2.45) is 0 Å². The number of nitrogens with one attached hydrogen (secondary N) is 1. The van der Waals surface area contributed by atoms with Crippen molar-refractivity contribution >= 4 is 44.8 Å². The summed E-state index contributed by atoms with van der Waals surface area (Å²) in [6, 6.07) is 3.82. The molecule has 0 aromatic heterocycles. The van der Waals surface area contributed by atoms with Gasteiger partial charge in [0.2, 0.25) is 15.9 Å². The Morgan fingerprint density at radius 1 is 1.19 bits per heavy atom. The van der Waals surface area contributed by atoms with Crippen molar-refractivity contribution in [1.82, 2.24) is 5.32 Å². The number of halogens is 2. The lowest BCUT2D eigenvalue weighted by atomic mass is 9.96. The molecule has 5 nitrogen and oxygen atoms in total. The first kappa shape index (κ1) is 22.3. The van der Waals surface area contributed by atoms with Crippen molar-refractivity contribution in [3.63, 3.8) is 0 Å². The van der Waals surface area contributed by atoms with Crippen LogP contribution >= 0.6 is 23.2 Å². The first-order valence-corrected chi connectivity index (χ1v) is 12.1. The van der Waals surface area contributed by atoms with Gasteiger partial charge in [-0.1, -0.05) is 62.2 Å². The summed E-state index contributed by atoms with van der Waals surface area (Å²) < 4.78 is 26.2. The van der Waals surface area contributed by atoms with Crippen LogP contribution in [-0.2, 0) is 14.8 Å². The van der Waals surface area contributed by atoms with Gasteiger partial charge in [0.05, 0.1) is 17.0 Å². The Hall–Kier alpha value is -0.980. The van der Waals surface area contributed by atoms with Gasteiger partial charge >= 0.3 is 0 Å². The van der Waals surface area contributed by atoms with Crippen LogP contribution in [0.4, 0.5) is 5.69 Å². The maximum atomic E-state index is 13.0. The maximum absolute atomic E-state index is 13.0. The molecule has 1 amide bonds. The zero-order valence-corrected chi connectivity index (χ0v) is 18.2. The predicted molar refractivity (Wildman–Crippen MR) is 112 cm³/mol. The summed E-state index contributed by atoms with van der Waals surface area (Å²) in [6.07, 6.45) is 9.03. The fourth-order valence-corrected chi connectivity index (χ4v) is 5.23. The number of nitrogens with zero attached hydrogens (tertiary/aromatic N) is 1. The van der Waals surface area contributed by atoms with Gasteiger partial charge in [-0.25, -0.2) is 8.42 Å². The molecule has 8 heteroatoms. The van der Waals surface area contributed by atoms with Crippen molar-refractivity contribution in [2.45, 2.75) is 70.4 Å². The first-order chi connectivity index (χ1) is 12.7. The monoisotopic (exact) mass is 434 g/mol. The molecule has 1 N–H and O–H groups in total. The number of carbonyl (C=O) groups is 1. The van der Waals surface area contributed by atoms with E-state index in [1.165, 1.54) is 31.4 Å². The quantitative estimate of drug-likeness (QED) is 0.700. The van der Waals surface area contributed by atoms with Gasteiger partial charge in [-0.05, 0) is 37.5 Å². The van der Waals surface area contributed by atoms with Crippen molar-refractivity contribution in [3.05, 3.63) is 28.2 Å². The number of anilines is 1. The Bertz CT molecular complexity index is 747. The first-order valence-electron chi connectivity index (χ1n) is 9.49. The molecule has 0 saturated heterocycles. The number of rotatable bonds is 6. The summed E-state index contributed by atoms with van der Waals surface area (Å²) in [4.78, 5) is 13.0. The van der Waals surface area contributed by atoms with Crippen LogP contribution < -0.4 is 9.62 Å². The normalized spacial score (nSPS) is 17.6. The van der Waals surface area contributed by atoms with Crippen LogP contribution in [0.15, 0.2) is 18.2 Å². The van der Waals surface area contributed by atoms with Crippen LogP contribution in [0.2, 0.25) is 10.0 Å². The molecule has 1 atom stereocenters. The fraction of sp³-hybridized carbons (Fsp3) is 0.632. The largest absolute Gasteiger partial charge is 0.352 e. The van der Waals surface area contributed by atoms with Crippen molar-refractivity contribution in [2.75, 3.05) is 10.6 Å². The molecule has 1 fully saturated rings. The minimum Gasteiger partial charge on any atom is -0.352 e. The van der Waals surface area contributed by atoms with Crippen LogP contribution in [0, 0.1) is 0 Å². The summed E-state index contributed by atoms with van der Waals surface area (Å²) in [5.41, 5.74) is 0.228. The predicted octanol–water partition coefficient (Wildman–Crippen LogP) is 4.77. The van der Waals surface area contributed by atoms with E-state index in [0.29, 0.717) is 11.4 Å². The highest BCUT2D eigenvalue weighted by atomic mass is 35.5. The van der Waals surface area contributed by atoms with E-state index in [1.54, 1.807) is 13.0 Å². The third-order valence-corrected chi connectivity index (χ3v) is 6.65. The van der Waals surface area contributed by atoms with E-state index in [9.17, 15) is 13.2 Å². The molecular weight excluding hydrogens is 407 g/mol. The van der Waals surface area contributed by atoms with E-state index in [4.69, 9.17) is 23.2 Å². The zero-order valence-electron chi connectivity index (χ0n) is 15.9. The second-order valence-corrected chi connectivity index (χ2v) is 9.83. The van der Waals surface area contributed by atoms with E-state index in [-0.39, 0.29) is 22.7 Å². The van der Waals surface area contributed by atoms with Crippen LogP contribution in [-0.4, -0.2) is 32.7 Å². The molecule has 27 heavy (non-hydrogen) atoms. The molecule has 0 radical (unpaired) electrons. The molecule has 0 aliphatic heterocycles. The van der Waals surface area contributed by atoms with E-state index in [2.05, 4.69) is 5.32 Å². The molecule has 1 saturated carbocycles. The smallest absolute Gasteiger partial charge is 0.244 e. The van der Waals surface area contributed by atoms with Gasteiger partial charge in [-0.2, -0.15) is 0 Å². The summed E-state index contributed by atoms with van der Waals surface area (Å²) in [5, 5.41) is 3.67. The molecule has 2 rings (SSSR count). The second-order valence-electron chi connectivity index (χ2n) is 7.13. The number of benzene rings is 1. The van der Waals surface area contributed by atoms with Gasteiger partial charge in [0.25, 0.3) is 0 Å².